The average molecular weight is 332 g/mol. The van der Waals surface area contributed by atoms with Crippen LogP contribution in [0.1, 0.15) is 15.9 Å². The summed E-state index contributed by atoms with van der Waals surface area (Å²) in [6, 6.07) is 18.0. The molecule has 1 aliphatic heterocycles. The van der Waals surface area contributed by atoms with Crippen molar-refractivity contribution >= 4 is 16.8 Å². The van der Waals surface area contributed by atoms with Gasteiger partial charge in [0.2, 0.25) is 0 Å². The first kappa shape index (κ1) is 15.8. The number of nitrogens with zero attached hydrogens (tertiary/aromatic N) is 2. The molecule has 1 saturated heterocycles. The number of carbonyl (C=O) groups excluding carboxylic acids is 1. The van der Waals surface area contributed by atoms with E-state index in [4.69, 9.17) is 9.72 Å². The lowest BCUT2D eigenvalue weighted by molar-refractivity contribution is 0.0303. The number of ether oxygens (including phenoxy) is 1. The lowest BCUT2D eigenvalue weighted by atomic mass is 10.0. The van der Waals surface area contributed by atoms with Gasteiger partial charge in [0.1, 0.15) is 0 Å². The van der Waals surface area contributed by atoms with Crippen molar-refractivity contribution in [3.8, 4) is 11.3 Å². The molecule has 4 heteroatoms. The Labute approximate surface area is 147 Å². The van der Waals surface area contributed by atoms with Gasteiger partial charge in [0.25, 0.3) is 5.91 Å². The molecule has 0 atom stereocenters. The van der Waals surface area contributed by atoms with Crippen LogP contribution in [0.3, 0.4) is 0 Å². The first-order chi connectivity index (χ1) is 12.2. The minimum Gasteiger partial charge on any atom is -0.378 e. The van der Waals surface area contributed by atoms with Crippen LogP contribution >= 0.6 is 0 Å². The molecule has 2 aromatic carbocycles. The number of rotatable bonds is 2. The van der Waals surface area contributed by atoms with E-state index in [1.807, 2.05) is 60.4 Å². The SMILES string of the molecule is Cc1ccc2nc(-c3ccccc3)c(C(=O)N3CCOCC3)cc2c1. The van der Waals surface area contributed by atoms with Crippen LogP contribution in [0, 0.1) is 6.92 Å². The van der Waals surface area contributed by atoms with Gasteiger partial charge in [-0.15, -0.1) is 0 Å². The smallest absolute Gasteiger partial charge is 0.256 e. The molecule has 25 heavy (non-hydrogen) atoms. The summed E-state index contributed by atoms with van der Waals surface area (Å²) in [6.45, 7) is 4.48. The third-order valence-corrected chi connectivity index (χ3v) is 4.55. The summed E-state index contributed by atoms with van der Waals surface area (Å²) in [7, 11) is 0. The van der Waals surface area contributed by atoms with Crippen molar-refractivity contribution in [1.29, 1.82) is 0 Å². The molecular formula is C21H20N2O2. The second-order valence-electron chi connectivity index (χ2n) is 6.35. The maximum atomic E-state index is 13.2. The third kappa shape index (κ3) is 3.13. The highest BCUT2D eigenvalue weighted by Crippen LogP contribution is 2.27. The molecule has 0 bridgehead atoms. The molecule has 0 aliphatic carbocycles. The summed E-state index contributed by atoms with van der Waals surface area (Å²) in [6.07, 6.45) is 0. The summed E-state index contributed by atoms with van der Waals surface area (Å²) in [5.41, 5.74) is 4.43. The third-order valence-electron chi connectivity index (χ3n) is 4.55. The quantitative estimate of drug-likeness (QED) is 0.719. The van der Waals surface area contributed by atoms with E-state index >= 15 is 0 Å². The Bertz CT molecular complexity index is 916. The van der Waals surface area contributed by atoms with Gasteiger partial charge in [-0.05, 0) is 25.1 Å². The number of benzene rings is 2. The van der Waals surface area contributed by atoms with E-state index in [0.717, 1.165) is 27.7 Å². The van der Waals surface area contributed by atoms with Gasteiger partial charge in [0, 0.05) is 24.0 Å². The van der Waals surface area contributed by atoms with Crippen molar-refractivity contribution < 1.29 is 9.53 Å². The van der Waals surface area contributed by atoms with Crippen LogP contribution in [0.15, 0.2) is 54.6 Å². The Balaban J connectivity index is 1.88. The van der Waals surface area contributed by atoms with Crippen LogP contribution in [0.4, 0.5) is 0 Å². The number of amides is 1. The highest BCUT2D eigenvalue weighted by molar-refractivity contribution is 6.03. The zero-order valence-electron chi connectivity index (χ0n) is 14.2. The number of hydrogen-bond acceptors (Lipinski definition) is 3. The van der Waals surface area contributed by atoms with Gasteiger partial charge < -0.3 is 9.64 Å². The summed E-state index contributed by atoms with van der Waals surface area (Å²) >= 11 is 0. The highest BCUT2D eigenvalue weighted by atomic mass is 16.5. The fraction of sp³-hybridized carbons (Fsp3) is 0.238. The second kappa shape index (κ2) is 6.65. The highest BCUT2D eigenvalue weighted by Gasteiger charge is 2.23. The van der Waals surface area contributed by atoms with Crippen LogP contribution in [0.25, 0.3) is 22.2 Å². The Morgan fingerprint density at radius 2 is 1.80 bits per heavy atom. The number of hydrogen-bond donors (Lipinski definition) is 0. The van der Waals surface area contributed by atoms with E-state index in [0.29, 0.717) is 31.9 Å². The number of aryl methyl sites for hydroxylation is 1. The molecule has 1 aromatic heterocycles. The van der Waals surface area contributed by atoms with E-state index in [1.54, 1.807) is 0 Å². The van der Waals surface area contributed by atoms with Crippen molar-refractivity contribution in [3.63, 3.8) is 0 Å². The van der Waals surface area contributed by atoms with E-state index in [1.165, 1.54) is 0 Å². The molecule has 0 saturated carbocycles. The standard InChI is InChI=1S/C21H20N2O2/c1-15-7-8-19-17(13-15)14-18(21(24)23-9-11-25-12-10-23)20(22-19)16-5-3-2-4-6-16/h2-8,13-14H,9-12H2,1H3. The summed E-state index contributed by atoms with van der Waals surface area (Å²) in [5, 5.41) is 0.997. The molecule has 4 nitrogen and oxygen atoms in total. The zero-order valence-corrected chi connectivity index (χ0v) is 14.2. The van der Waals surface area contributed by atoms with Crippen molar-refractivity contribution in [2.24, 2.45) is 0 Å². The number of morpholine rings is 1. The Morgan fingerprint density at radius 3 is 2.56 bits per heavy atom. The van der Waals surface area contributed by atoms with Gasteiger partial charge in [-0.2, -0.15) is 0 Å². The van der Waals surface area contributed by atoms with Gasteiger partial charge in [-0.25, -0.2) is 4.98 Å². The molecule has 126 valence electrons. The van der Waals surface area contributed by atoms with Crippen molar-refractivity contribution in [1.82, 2.24) is 9.88 Å². The Morgan fingerprint density at radius 1 is 1.04 bits per heavy atom. The predicted molar refractivity (Wildman–Crippen MR) is 98.6 cm³/mol. The Kier molecular flexibility index (Phi) is 4.20. The normalized spacial score (nSPS) is 14.7. The first-order valence-electron chi connectivity index (χ1n) is 8.56. The maximum absolute atomic E-state index is 13.2. The lowest BCUT2D eigenvalue weighted by Crippen LogP contribution is -2.41. The molecule has 1 fully saturated rings. The van der Waals surface area contributed by atoms with E-state index in [-0.39, 0.29) is 5.91 Å². The first-order valence-corrected chi connectivity index (χ1v) is 8.56. The van der Waals surface area contributed by atoms with Crippen LogP contribution in [0.5, 0.6) is 0 Å². The van der Waals surface area contributed by atoms with E-state index in [2.05, 4.69) is 6.07 Å². The largest absolute Gasteiger partial charge is 0.378 e. The zero-order chi connectivity index (χ0) is 17.2. The molecule has 3 aromatic rings. The molecule has 1 amide bonds. The van der Waals surface area contributed by atoms with Gasteiger partial charge in [-0.1, -0.05) is 42.0 Å². The fourth-order valence-corrected chi connectivity index (χ4v) is 3.21. The molecule has 0 spiro atoms. The molecule has 2 heterocycles. The average Bonchev–Trinajstić information content (AvgIpc) is 2.67. The fourth-order valence-electron chi connectivity index (χ4n) is 3.21. The minimum atomic E-state index is 0.0260. The van der Waals surface area contributed by atoms with Gasteiger partial charge in [0.05, 0.1) is 30.0 Å². The number of carbonyl (C=O) groups is 1. The molecule has 0 N–H and O–H groups in total. The molecular weight excluding hydrogens is 312 g/mol. The minimum absolute atomic E-state index is 0.0260. The molecule has 4 rings (SSSR count). The van der Waals surface area contributed by atoms with Gasteiger partial charge >= 0.3 is 0 Å². The monoisotopic (exact) mass is 332 g/mol. The van der Waals surface area contributed by atoms with E-state index < -0.39 is 0 Å². The lowest BCUT2D eigenvalue weighted by Gasteiger charge is -2.27. The van der Waals surface area contributed by atoms with Gasteiger partial charge in [0.15, 0.2) is 0 Å². The number of pyridine rings is 1. The number of aromatic nitrogens is 1. The molecule has 0 unspecified atom stereocenters. The maximum Gasteiger partial charge on any atom is 0.256 e. The second-order valence-corrected chi connectivity index (χ2v) is 6.35. The summed E-state index contributed by atoms with van der Waals surface area (Å²) < 4.78 is 5.38. The summed E-state index contributed by atoms with van der Waals surface area (Å²) in [4.78, 5) is 19.8. The van der Waals surface area contributed by atoms with Crippen molar-refractivity contribution in [2.45, 2.75) is 6.92 Å². The summed E-state index contributed by atoms with van der Waals surface area (Å²) in [5.74, 6) is 0.0260. The number of fused-ring (bicyclic) bond motifs is 1. The van der Waals surface area contributed by atoms with Crippen molar-refractivity contribution in [2.75, 3.05) is 26.3 Å². The molecule has 0 radical (unpaired) electrons. The molecule has 1 aliphatic rings. The van der Waals surface area contributed by atoms with Crippen LogP contribution in [-0.2, 0) is 4.74 Å². The van der Waals surface area contributed by atoms with E-state index in [9.17, 15) is 4.79 Å². The predicted octanol–water partition coefficient (Wildman–Crippen LogP) is 3.68. The van der Waals surface area contributed by atoms with Crippen molar-refractivity contribution in [3.05, 3.63) is 65.7 Å². The van der Waals surface area contributed by atoms with Gasteiger partial charge in [-0.3, -0.25) is 4.79 Å². The topological polar surface area (TPSA) is 42.4 Å². The van der Waals surface area contributed by atoms with Crippen LogP contribution in [0.2, 0.25) is 0 Å². The van der Waals surface area contributed by atoms with Crippen LogP contribution < -0.4 is 0 Å². The van der Waals surface area contributed by atoms with Crippen LogP contribution in [-0.4, -0.2) is 42.1 Å². The Hall–Kier alpha value is -2.72.